The number of anilines is 2. The third-order valence-corrected chi connectivity index (χ3v) is 6.95. The van der Waals surface area contributed by atoms with Gasteiger partial charge in [0.15, 0.2) is 11.6 Å². The number of aromatic nitrogens is 2. The largest absolute Gasteiger partial charge is 0.465 e. The molecule has 0 bridgehead atoms. The van der Waals surface area contributed by atoms with E-state index in [9.17, 15) is 9.59 Å². The second-order valence-corrected chi connectivity index (χ2v) is 9.54. The van der Waals surface area contributed by atoms with Crippen molar-refractivity contribution in [1.29, 1.82) is 0 Å². The zero-order chi connectivity index (χ0) is 24.7. The van der Waals surface area contributed by atoms with E-state index >= 15 is 4.39 Å². The van der Waals surface area contributed by atoms with Crippen molar-refractivity contribution in [1.82, 2.24) is 25.6 Å². The summed E-state index contributed by atoms with van der Waals surface area (Å²) in [6.07, 6.45) is 5.48. The molecule has 1 aliphatic carbocycles. The summed E-state index contributed by atoms with van der Waals surface area (Å²) in [5.41, 5.74) is 5.05. The van der Waals surface area contributed by atoms with E-state index in [-0.39, 0.29) is 29.5 Å². The molecule has 2 atom stereocenters. The summed E-state index contributed by atoms with van der Waals surface area (Å²) in [7, 11) is 2.02. The fourth-order valence-electron chi connectivity index (χ4n) is 4.84. The van der Waals surface area contributed by atoms with Gasteiger partial charge < -0.3 is 20.2 Å². The highest BCUT2D eigenvalue weighted by atomic mass is 35.5. The molecule has 190 valence electrons. The lowest BCUT2D eigenvalue weighted by Crippen LogP contribution is -2.42. The molecule has 1 aromatic rings. The van der Waals surface area contributed by atoms with Crippen molar-refractivity contribution in [3.8, 4) is 0 Å². The van der Waals surface area contributed by atoms with E-state index in [4.69, 9.17) is 16.7 Å². The minimum atomic E-state index is -1.19. The van der Waals surface area contributed by atoms with E-state index in [0.29, 0.717) is 18.9 Å². The average Bonchev–Trinajstić information content (AvgIpc) is 3.48. The van der Waals surface area contributed by atoms with Crippen LogP contribution >= 0.6 is 11.6 Å². The molecule has 1 aliphatic heterocycles. The normalized spacial score (nSPS) is 19.4. The smallest absolute Gasteiger partial charge is 0.404 e. The zero-order valence-corrected chi connectivity index (χ0v) is 20.6. The van der Waals surface area contributed by atoms with Crippen LogP contribution in [-0.2, 0) is 4.79 Å². The first kappa shape index (κ1) is 26.2. The maximum absolute atomic E-state index is 15.4. The third-order valence-electron chi connectivity index (χ3n) is 6.79. The number of carbonyl (C=O) groups is 2. The molecule has 4 N–H and O–H groups in total. The Hall–Kier alpha value is -2.40. The Morgan fingerprint density at radius 1 is 1.26 bits per heavy atom. The maximum Gasteiger partial charge on any atom is 0.404 e. The number of carboxylic acid groups (broad SMARTS) is 1. The van der Waals surface area contributed by atoms with E-state index in [1.54, 1.807) is 0 Å². The van der Waals surface area contributed by atoms with Crippen molar-refractivity contribution < 1.29 is 19.1 Å². The number of halogens is 2. The minimum absolute atomic E-state index is 0.0159. The van der Waals surface area contributed by atoms with E-state index in [1.807, 2.05) is 11.9 Å². The van der Waals surface area contributed by atoms with E-state index < -0.39 is 23.7 Å². The number of hydrogen-bond donors (Lipinski definition) is 4. The van der Waals surface area contributed by atoms with Gasteiger partial charge in [0.25, 0.3) is 0 Å². The summed E-state index contributed by atoms with van der Waals surface area (Å²) >= 11 is 6.10. The molecule has 1 aromatic heterocycles. The van der Waals surface area contributed by atoms with Crippen molar-refractivity contribution >= 4 is 35.2 Å². The van der Waals surface area contributed by atoms with E-state index in [0.717, 1.165) is 51.6 Å². The molecule has 34 heavy (non-hydrogen) atoms. The van der Waals surface area contributed by atoms with Crippen LogP contribution in [0.15, 0.2) is 0 Å². The number of likely N-dealkylation sites (N-methyl/N-ethyl adjacent to an activating group) is 1. The number of hydrazine groups is 1. The van der Waals surface area contributed by atoms with Crippen LogP contribution in [-0.4, -0.2) is 71.2 Å². The van der Waals surface area contributed by atoms with Gasteiger partial charge in [0.2, 0.25) is 17.0 Å². The first-order chi connectivity index (χ1) is 16.3. The molecule has 1 saturated heterocycles. The number of carbonyl (C=O) groups excluding carboxylic acids is 1. The van der Waals surface area contributed by atoms with Crippen molar-refractivity contribution in [2.24, 2.45) is 11.8 Å². The highest BCUT2D eigenvalue weighted by Crippen LogP contribution is 2.32. The molecular weight excluding hydrogens is 465 g/mol. The van der Waals surface area contributed by atoms with Crippen LogP contribution in [0.5, 0.6) is 0 Å². The van der Waals surface area contributed by atoms with Crippen LogP contribution in [0.2, 0.25) is 5.28 Å². The van der Waals surface area contributed by atoms with Crippen molar-refractivity contribution in [2.45, 2.75) is 57.9 Å². The van der Waals surface area contributed by atoms with Crippen LogP contribution < -0.4 is 21.1 Å². The molecule has 0 spiro atoms. The Labute approximate surface area is 204 Å². The first-order valence-electron chi connectivity index (χ1n) is 12.0. The van der Waals surface area contributed by atoms with Gasteiger partial charge in [-0.3, -0.25) is 15.6 Å². The molecule has 0 unspecified atom stereocenters. The van der Waals surface area contributed by atoms with Gasteiger partial charge in [0, 0.05) is 25.7 Å². The number of amides is 2. The van der Waals surface area contributed by atoms with Crippen molar-refractivity contribution in [3.63, 3.8) is 0 Å². The Kier molecular flexibility index (Phi) is 9.52. The lowest BCUT2D eigenvalue weighted by Gasteiger charge is -2.29. The predicted octanol–water partition coefficient (Wildman–Crippen LogP) is 3.10. The van der Waals surface area contributed by atoms with Crippen LogP contribution in [0, 0.1) is 17.7 Å². The summed E-state index contributed by atoms with van der Waals surface area (Å²) in [4.78, 5) is 35.9. The molecule has 2 heterocycles. The molecule has 2 fully saturated rings. The van der Waals surface area contributed by atoms with Crippen molar-refractivity contribution in [2.75, 3.05) is 43.6 Å². The van der Waals surface area contributed by atoms with Gasteiger partial charge in [-0.25, -0.2) is 4.79 Å². The molecule has 2 aliphatic rings. The topological polar surface area (TPSA) is 123 Å². The lowest BCUT2D eigenvalue weighted by molar-refractivity contribution is -0.124. The first-order valence-corrected chi connectivity index (χ1v) is 12.4. The Morgan fingerprint density at radius 2 is 2.00 bits per heavy atom. The highest BCUT2D eigenvalue weighted by Gasteiger charge is 2.31. The monoisotopic (exact) mass is 499 g/mol. The fourth-order valence-corrected chi connectivity index (χ4v) is 5.00. The van der Waals surface area contributed by atoms with Gasteiger partial charge in [-0.2, -0.15) is 14.4 Å². The standard InChI is InChI=1S/C22H35ClFN7O3/c1-3-30(2)13-16-9-6-10-31(16)19-17(24)18(26-21(23)27-19)28-29-20(32)15(12-25-22(33)34)11-14-7-4-5-8-14/h14-16,25H,3-13H2,1-2H3,(H,29,32)(H,33,34)(H,26,27,28)/t15-,16+/m1/s1. The molecule has 2 amide bonds. The molecule has 1 saturated carbocycles. The van der Waals surface area contributed by atoms with Gasteiger partial charge in [-0.15, -0.1) is 0 Å². The Morgan fingerprint density at radius 3 is 2.68 bits per heavy atom. The number of nitrogens with one attached hydrogen (secondary N) is 3. The van der Waals surface area contributed by atoms with Crippen LogP contribution in [0.25, 0.3) is 0 Å². The molecular formula is C22H35ClFN7O3. The SMILES string of the molecule is CCN(C)C[C@@H]1CCCN1c1nc(Cl)nc(NNC(=O)[C@@H](CNC(=O)O)CC2CCCC2)c1F. The molecule has 12 heteroatoms. The summed E-state index contributed by atoms with van der Waals surface area (Å²) in [6.45, 7) is 4.37. The van der Waals surface area contributed by atoms with E-state index in [2.05, 4.69) is 38.0 Å². The predicted molar refractivity (Wildman–Crippen MR) is 128 cm³/mol. The van der Waals surface area contributed by atoms with Gasteiger partial charge in [0.05, 0.1) is 5.92 Å². The van der Waals surface area contributed by atoms with Gasteiger partial charge in [-0.1, -0.05) is 32.6 Å². The number of hydrogen-bond acceptors (Lipinski definition) is 7. The van der Waals surface area contributed by atoms with Crippen LogP contribution in [0.1, 0.15) is 51.9 Å². The maximum atomic E-state index is 15.4. The minimum Gasteiger partial charge on any atom is -0.465 e. The lowest BCUT2D eigenvalue weighted by atomic mass is 9.92. The van der Waals surface area contributed by atoms with Crippen molar-refractivity contribution in [3.05, 3.63) is 11.1 Å². The summed E-state index contributed by atoms with van der Waals surface area (Å²) < 4.78 is 15.4. The average molecular weight is 500 g/mol. The molecule has 0 aromatic carbocycles. The third kappa shape index (κ3) is 7.05. The van der Waals surface area contributed by atoms with Gasteiger partial charge in [0.1, 0.15) is 0 Å². The van der Waals surface area contributed by atoms with Gasteiger partial charge >= 0.3 is 6.09 Å². The van der Waals surface area contributed by atoms with Crippen LogP contribution in [0.3, 0.4) is 0 Å². The fraction of sp³-hybridized carbons (Fsp3) is 0.727. The quantitative estimate of drug-likeness (QED) is 0.270. The second kappa shape index (κ2) is 12.3. The molecule has 3 rings (SSSR count). The zero-order valence-electron chi connectivity index (χ0n) is 19.8. The Bertz CT molecular complexity index is 856. The molecule has 0 radical (unpaired) electrons. The van der Waals surface area contributed by atoms with Gasteiger partial charge in [-0.05, 0) is 50.4 Å². The van der Waals surface area contributed by atoms with Crippen LogP contribution in [0.4, 0.5) is 20.8 Å². The summed E-state index contributed by atoms with van der Waals surface area (Å²) in [5.74, 6) is -1.44. The Balaban J connectivity index is 1.69. The second-order valence-electron chi connectivity index (χ2n) is 9.21. The number of nitrogens with zero attached hydrogens (tertiary/aromatic N) is 4. The summed E-state index contributed by atoms with van der Waals surface area (Å²) in [5, 5.41) is 11.1. The summed E-state index contributed by atoms with van der Waals surface area (Å²) in [6, 6.07) is 0.103. The van der Waals surface area contributed by atoms with E-state index in [1.165, 1.54) is 0 Å². The molecule has 10 nitrogen and oxygen atoms in total. The highest BCUT2D eigenvalue weighted by molar-refractivity contribution is 6.28. The number of rotatable bonds is 11.